The third kappa shape index (κ3) is 5.31. The fourth-order valence-electron chi connectivity index (χ4n) is 2.97. The number of carbonyl (C=O) groups is 3. The first-order chi connectivity index (χ1) is 12.1. The average molecular weight is 371 g/mol. The third-order valence-corrected chi connectivity index (χ3v) is 4.56. The number of hydrogen-bond donors (Lipinski definition) is 1. The first-order valence-electron chi connectivity index (χ1n) is 8.86. The van der Waals surface area contributed by atoms with E-state index in [0.29, 0.717) is 19.1 Å². The lowest BCUT2D eigenvalue weighted by molar-refractivity contribution is -0.147. The number of aliphatic carboxylic acids is 1. The van der Waals surface area contributed by atoms with Crippen molar-refractivity contribution in [3.05, 3.63) is 0 Å². The van der Waals surface area contributed by atoms with Gasteiger partial charge in [0.05, 0.1) is 25.7 Å². The van der Waals surface area contributed by atoms with Crippen LogP contribution < -0.4 is 0 Å². The minimum Gasteiger partial charge on any atom is -0.481 e. The number of rotatable bonds is 5. The molecule has 1 N–H and O–H groups in total. The Morgan fingerprint density at radius 3 is 2.19 bits per heavy atom. The van der Waals surface area contributed by atoms with E-state index in [1.165, 1.54) is 7.05 Å². The Kier molecular flexibility index (Phi) is 6.46. The van der Waals surface area contributed by atoms with E-state index < -0.39 is 30.1 Å². The summed E-state index contributed by atoms with van der Waals surface area (Å²) in [5, 5.41) is 9.18. The number of ether oxygens (including phenoxy) is 2. The van der Waals surface area contributed by atoms with Crippen LogP contribution in [0, 0.1) is 0 Å². The Bertz CT molecular complexity index is 535. The molecule has 2 heterocycles. The van der Waals surface area contributed by atoms with Crippen LogP contribution in [0.2, 0.25) is 0 Å². The molecule has 0 saturated carbocycles. The summed E-state index contributed by atoms with van der Waals surface area (Å²) in [6.07, 6.45) is -1.16. The lowest BCUT2D eigenvalue weighted by Gasteiger charge is -2.43. The minimum absolute atomic E-state index is 0.356. The van der Waals surface area contributed by atoms with Crippen molar-refractivity contribution in [1.82, 2.24) is 14.7 Å². The Hall–Kier alpha value is -1.87. The molecule has 2 amide bonds. The molecular formula is C17H29N3O6. The zero-order valence-electron chi connectivity index (χ0n) is 15.9. The smallest absolute Gasteiger partial charge is 0.410 e. The zero-order chi connectivity index (χ0) is 19.5. The first kappa shape index (κ1) is 20.4. The SMILES string of the molecule is CN(C(=O)OC(C)(C)C)C(CC(=O)O)C(=O)N1CCN(C2COC2)CC1. The molecule has 26 heavy (non-hydrogen) atoms. The Morgan fingerprint density at radius 1 is 1.19 bits per heavy atom. The molecule has 0 bridgehead atoms. The normalized spacial score (nSPS) is 20.2. The largest absolute Gasteiger partial charge is 0.481 e. The number of amides is 2. The monoisotopic (exact) mass is 371 g/mol. The lowest BCUT2D eigenvalue weighted by Crippen LogP contribution is -2.60. The molecule has 2 saturated heterocycles. The fourth-order valence-corrected chi connectivity index (χ4v) is 2.97. The maximum atomic E-state index is 12.9. The summed E-state index contributed by atoms with van der Waals surface area (Å²) in [4.78, 5) is 41.4. The third-order valence-electron chi connectivity index (χ3n) is 4.56. The summed E-state index contributed by atoms with van der Waals surface area (Å²) in [5.41, 5.74) is -0.724. The van der Waals surface area contributed by atoms with E-state index in [1.807, 2.05) is 0 Å². The topological polar surface area (TPSA) is 99.6 Å². The zero-order valence-corrected chi connectivity index (χ0v) is 15.9. The van der Waals surface area contributed by atoms with Gasteiger partial charge in [-0.05, 0) is 20.8 Å². The predicted molar refractivity (Wildman–Crippen MR) is 92.8 cm³/mol. The molecule has 148 valence electrons. The Balaban J connectivity index is 1.99. The van der Waals surface area contributed by atoms with Crippen LogP contribution in [0.4, 0.5) is 4.79 Å². The van der Waals surface area contributed by atoms with Gasteiger partial charge >= 0.3 is 12.1 Å². The van der Waals surface area contributed by atoms with Gasteiger partial charge in [0, 0.05) is 33.2 Å². The highest BCUT2D eigenvalue weighted by Crippen LogP contribution is 2.17. The van der Waals surface area contributed by atoms with Crippen molar-refractivity contribution in [2.75, 3.05) is 46.4 Å². The number of likely N-dealkylation sites (N-methyl/N-ethyl adjacent to an activating group) is 1. The highest BCUT2D eigenvalue weighted by atomic mass is 16.6. The quantitative estimate of drug-likeness (QED) is 0.739. The van der Waals surface area contributed by atoms with Gasteiger partial charge in [0.15, 0.2) is 0 Å². The van der Waals surface area contributed by atoms with E-state index in [1.54, 1.807) is 25.7 Å². The molecule has 0 radical (unpaired) electrons. The highest BCUT2D eigenvalue weighted by molar-refractivity contribution is 5.89. The van der Waals surface area contributed by atoms with E-state index in [9.17, 15) is 19.5 Å². The van der Waals surface area contributed by atoms with Gasteiger partial charge in [0.25, 0.3) is 0 Å². The molecule has 2 aliphatic rings. The number of carboxylic acid groups (broad SMARTS) is 1. The van der Waals surface area contributed by atoms with Crippen LogP contribution in [0.1, 0.15) is 27.2 Å². The van der Waals surface area contributed by atoms with Crippen LogP contribution in [-0.2, 0) is 19.1 Å². The van der Waals surface area contributed by atoms with E-state index in [-0.39, 0.29) is 5.91 Å². The number of hydrogen-bond acceptors (Lipinski definition) is 6. The highest BCUT2D eigenvalue weighted by Gasteiger charge is 2.37. The van der Waals surface area contributed by atoms with Gasteiger partial charge in [-0.3, -0.25) is 19.4 Å². The molecule has 9 heteroatoms. The summed E-state index contributed by atoms with van der Waals surface area (Å²) in [7, 11) is 1.40. The molecule has 1 atom stereocenters. The maximum absolute atomic E-state index is 12.9. The van der Waals surface area contributed by atoms with E-state index in [0.717, 1.165) is 31.2 Å². The second kappa shape index (κ2) is 8.22. The van der Waals surface area contributed by atoms with Crippen molar-refractivity contribution in [3.8, 4) is 0 Å². The van der Waals surface area contributed by atoms with Crippen LogP contribution in [0.15, 0.2) is 0 Å². The van der Waals surface area contributed by atoms with Crippen LogP contribution >= 0.6 is 0 Å². The van der Waals surface area contributed by atoms with Gasteiger partial charge in [0.1, 0.15) is 11.6 Å². The number of carbonyl (C=O) groups excluding carboxylic acids is 2. The van der Waals surface area contributed by atoms with E-state index in [2.05, 4.69) is 4.90 Å². The molecule has 0 aliphatic carbocycles. The van der Waals surface area contributed by atoms with E-state index >= 15 is 0 Å². The predicted octanol–water partition coefficient (Wildman–Crippen LogP) is 0.240. The summed E-state index contributed by atoms with van der Waals surface area (Å²) < 4.78 is 10.5. The lowest BCUT2D eigenvalue weighted by atomic mass is 10.1. The maximum Gasteiger partial charge on any atom is 0.410 e. The average Bonchev–Trinajstić information content (AvgIpc) is 2.48. The molecule has 0 aromatic heterocycles. The van der Waals surface area contributed by atoms with Gasteiger partial charge in [-0.2, -0.15) is 0 Å². The van der Waals surface area contributed by atoms with E-state index in [4.69, 9.17) is 9.47 Å². The first-order valence-corrected chi connectivity index (χ1v) is 8.86. The number of carboxylic acids is 1. The van der Waals surface area contributed by atoms with Gasteiger partial charge in [-0.25, -0.2) is 4.79 Å². The molecule has 2 aliphatic heterocycles. The van der Waals surface area contributed by atoms with Crippen LogP contribution in [0.5, 0.6) is 0 Å². The minimum atomic E-state index is -1.14. The van der Waals surface area contributed by atoms with Gasteiger partial charge in [0.2, 0.25) is 5.91 Å². The van der Waals surface area contributed by atoms with Crippen LogP contribution in [0.25, 0.3) is 0 Å². The number of piperazine rings is 1. The van der Waals surface area contributed by atoms with Crippen LogP contribution in [0.3, 0.4) is 0 Å². The molecule has 2 fully saturated rings. The molecule has 0 aromatic carbocycles. The number of nitrogens with zero attached hydrogens (tertiary/aromatic N) is 3. The molecule has 0 spiro atoms. The van der Waals surface area contributed by atoms with Gasteiger partial charge in [-0.15, -0.1) is 0 Å². The van der Waals surface area contributed by atoms with Gasteiger partial charge in [-0.1, -0.05) is 0 Å². The second-order valence-electron chi connectivity index (χ2n) is 7.76. The Labute approximate surface area is 153 Å². The standard InChI is InChI=1S/C17H29N3O6/c1-17(2,3)26-16(24)18(4)13(9-14(21)22)15(23)20-7-5-19(6-8-20)12-10-25-11-12/h12-13H,5-11H2,1-4H3,(H,21,22). The summed E-state index contributed by atoms with van der Waals surface area (Å²) in [6, 6.07) is -0.674. The Morgan fingerprint density at radius 2 is 1.77 bits per heavy atom. The van der Waals surface area contributed by atoms with Gasteiger partial charge < -0.3 is 19.5 Å². The summed E-state index contributed by atoms with van der Waals surface area (Å²) >= 11 is 0. The van der Waals surface area contributed by atoms with Crippen molar-refractivity contribution in [1.29, 1.82) is 0 Å². The van der Waals surface area contributed by atoms with Crippen molar-refractivity contribution in [3.63, 3.8) is 0 Å². The molecule has 9 nitrogen and oxygen atoms in total. The molecule has 0 aromatic rings. The van der Waals surface area contributed by atoms with Crippen molar-refractivity contribution >= 4 is 18.0 Å². The molecule has 1 unspecified atom stereocenters. The molecule has 2 rings (SSSR count). The summed E-state index contributed by atoms with van der Waals surface area (Å²) in [5.74, 6) is -1.49. The fraction of sp³-hybridized carbons (Fsp3) is 0.824. The van der Waals surface area contributed by atoms with Crippen molar-refractivity contribution in [2.45, 2.75) is 44.9 Å². The second-order valence-corrected chi connectivity index (χ2v) is 7.76. The van der Waals surface area contributed by atoms with Crippen molar-refractivity contribution in [2.24, 2.45) is 0 Å². The van der Waals surface area contributed by atoms with Crippen molar-refractivity contribution < 1.29 is 29.0 Å². The summed E-state index contributed by atoms with van der Waals surface area (Å²) in [6.45, 7) is 9.04. The van der Waals surface area contributed by atoms with Crippen LogP contribution in [-0.4, -0.2) is 102 Å². The molecular weight excluding hydrogens is 342 g/mol.